The average molecular weight is 453 g/mol. The van der Waals surface area contributed by atoms with Gasteiger partial charge >= 0.3 is 0 Å². The van der Waals surface area contributed by atoms with Crippen LogP contribution in [0.2, 0.25) is 5.02 Å². The molecule has 156 valence electrons. The first-order chi connectivity index (χ1) is 13.3. The zero-order valence-corrected chi connectivity index (χ0v) is 18.7. The van der Waals surface area contributed by atoms with Crippen LogP contribution < -0.4 is 10.6 Å². The third-order valence-electron chi connectivity index (χ3n) is 5.48. The van der Waals surface area contributed by atoms with Gasteiger partial charge in [0.15, 0.2) is 0 Å². The van der Waals surface area contributed by atoms with Crippen molar-refractivity contribution in [3.8, 4) is 0 Å². The smallest absolute Gasteiger partial charge is 0.0737 e. The van der Waals surface area contributed by atoms with Gasteiger partial charge in [-0.05, 0) is 68.5 Å². The topological polar surface area (TPSA) is 37.0 Å². The normalized spacial score (nSPS) is 18.5. The largest absolute Gasteiger partial charge is 0.382 e. The molecule has 2 N–H and O–H groups in total. The maximum atomic E-state index is 6.09. The number of rotatable bonds is 6. The van der Waals surface area contributed by atoms with Gasteiger partial charge in [0.2, 0.25) is 0 Å². The number of hydrogen-bond donors (Lipinski definition) is 2. The summed E-state index contributed by atoms with van der Waals surface area (Å²) in [5.41, 5.74) is 3.52. The number of nitrogens with zero attached hydrogens (tertiary/aromatic N) is 1. The average Bonchev–Trinajstić information content (AvgIpc) is 2.70. The van der Waals surface area contributed by atoms with Crippen LogP contribution in [0, 0.1) is 0 Å². The second kappa shape index (κ2) is 11.6. The SMILES string of the molecule is Cl.Cl.Clc1ccc2c(NC3CCC(NCCc4ccccc4)CC3)ccnc2c1. The predicted octanol–water partition coefficient (Wildman–Crippen LogP) is 6.29. The van der Waals surface area contributed by atoms with E-state index in [0.717, 1.165) is 34.6 Å². The number of nitrogens with one attached hydrogen (secondary N) is 2. The lowest BCUT2D eigenvalue weighted by Gasteiger charge is -2.30. The van der Waals surface area contributed by atoms with Gasteiger partial charge in [-0.3, -0.25) is 4.98 Å². The summed E-state index contributed by atoms with van der Waals surface area (Å²) in [6, 6.07) is 19.9. The van der Waals surface area contributed by atoms with E-state index in [9.17, 15) is 0 Å². The Morgan fingerprint density at radius 3 is 2.38 bits per heavy atom. The molecule has 0 spiro atoms. The Labute approximate surface area is 190 Å². The van der Waals surface area contributed by atoms with Gasteiger partial charge in [-0.15, -0.1) is 24.8 Å². The van der Waals surface area contributed by atoms with Crippen molar-refractivity contribution in [1.29, 1.82) is 0 Å². The van der Waals surface area contributed by atoms with Crippen molar-refractivity contribution < 1.29 is 0 Å². The first-order valence-corrected chi connectivity index (χ1v) is 10.2. The monoisotopic (exact) mass is 451 g/mol. The van der Waals surface area contributed by atoms with Crippen LogP contribution in [0.1, 0.15) is 31.2 Å². The van der Waals surface area contributed by atoms with Gasteiger partial charge in [-0.2, -0.15) is 0 Å². The Hall–Kier alpha value is -1.52. The maximum absolute atomic E-state index is 6.09. The second-order valence-corrected chi connectivity index (χ2v) is 7.84. The van der Waals surface area contributed by atoms with E-state index < -0.39 is 0 Å². The van der Waals surface area contributed by atoms with Crippen molar-refractivity contribution in [2.75, 3.05) is 11.9 Å². The van der Waals surface area contributed by atoms with Crippen LogP contribution in [0.4, 0.5) is 5.69 Å². The van der Waals surface area contributed by atoms with Gasteiger partial charge in [0.1, 0.15) is 0 Å². The highest BCUT2D eigenvalue weighted by Crippen LogP contribution is 2.28. The molecular weight excluding hydrogens is 425 g/mol. The zero-order valence-electron chi connectivity index (χ0n) is 16.3. The van der Waals surface area contributed by atoms with E-state index in [-0.39, 0.29) is 24.8 Å². The van der Waals surface area contributed by atoms with Crippen molar-refractivity contribution in [2.24, 2.45) is 0 Å². The number of halogens is 3. The summed E-state index contributed by atoms with van der Waals surface area (Å²) in [6.45, 7) is 1.06. The fourth-order valence-corrected chi connectivity index (χ4v) is 4.14. The molecule has 0 amide bonds. The van der Waals surface area contributed by atoms with Crippen LogP contribution in [-0.2, 0) is 6.42 Å². The molecule has 0 saturated heterocycles. The highest BCUT2D eigenvalue weighted by molar-refractivity contribution is 6.31. The van der Waals surface area contributed by atoms with Gasteiger partial charge in [0.05, 0.1) is 5.52 Å². The van der Waals surface area contributed by atoms with Crippen molar-refractivity contribution in [3.05, 3.63) is 71.4 Å². The van der Waals surface area contributed by atoms with Gasteiger partial charge in [-0.25, -0.2) is 0 Å². The fraction of sp³-hybridized carbons (Fsp3) is 0.348. The molecule has 0 unspecified atom stereocenters. The molecule has 0 bridgehead atoms. The molecule has 3 nitrogen and oxygen atoms in total. The fourth-order valence-electron chi connectivity index (χ4n) is 3.97. The quantitative estimate of drug-likeness (QED) is 0.461. The lowest BCUT2D eigenvalue weighted by atomic mass is 9.90. The summed E-state index contributed by atoms with van der Waals surface area (Å²) in [4.78, 5) is 4.43. The van der Waals surface area contributed by atoms with Gasteiger partial charge in [0.25, 0.3) is 0 Å². The van der Waals surface area contributed by atoms with E-state index in [1.807, 2.05) is 18.3 Å². The summed E-state index contributed by atoms with van der Waals surface area (Å²) in [7, 11) is 0. The van der Waals surface area contributed by atoms with Crippen LogP contribution in [-0.4, -0.2) is 23.6 Å². The van der Waals surface area contributed by atoms with Crippen molar-refractivity contribution >= 4 is 53.0 Å². The molecule has 2 aromatic carbocycles. The Balaban J connectivity index is 0.00000150. The van der Waals surface area contributed by atoms with E-state index in [2.05, 4.69) is 58.1 Å². The summed E-state index contributed by atoms with van der Waals surface area (Å²) in [6.07, 6.45) is 7.80. The van der Waals surface area contributed by atoms with E-state index in [1.165, 1.54) is 31.2 Å². The number of hydrogen-bond acceptors (Lipinski definition) is 3. The highest BCUT2D eigenvalue weighted by atomic mass is 35.5. The van der Waals surface area contributed by atoms with Gasteiger partial charge in [-0.1, -0.05) is 41.9 Å². The van der Waals surface area contributed by atoms with Gasteiger partial charge in [0, 0.05) is 34.4 Å². The lowest BCUT2D eigenvalue weighted by molar-refractivity contribution is 0.356. The number of aromatic nitrogens is 1. The van der Waals surface area contributed by atoms with Crippen LogP contribution in [0.15, 0.2) is 60.8 Å². The number of anilines is 1. The molecule has 1 aromatic heterocycles. The maximum Gasteiger partial charge on any atom is 0.0737 e. The molecule has 3 aromatic rings. The zero-order chi connectivity index (χ0) is 18.5. The molecule has 4 rings (SSSR count). The van der Waals surface area contributed by atoms with Crippen molar-refractivity contribution in [3.63, 3.8) is 0 Å². The second-order valence-electron chi connectivity index (χ2n) is 7.40. The predicted molar refractivity (Wildman–Crippen MR) is 129 cm³/mol. The van der Waals surface area contributed by atoms with Crippen LogP contribution in [0.25, 0.3) is 10.9 Å². The van der Waals surface area contributed by atoms with E-state index in [4.69, 9.17) is 11.6 Å². The van der Waals surface area contributed by atoms with E-state index in [0.29, 0.717) is 12.1 Å². The Bertz CT molecular complexity index is 881. The summed E-state index contributed by atoms with van der Waals surface area (Å²) < 4.78 is 0. The molecular formula is C23H28Cl3N3. The lowest BCUT2D eigenvalue weighted by Crippen LogP contribution is -2.37. The molecule has 1 fully saturated rings. The summed E-state index contributed by atoms with van der Waals surface area (Å²) in [5, 5.41) is 9.35. The van der Waals surface area contributed by atoms with Crippen LogP contribution >= 0.6 is 36.4 Å². The Kier molecular flexibility index (Phi) is 9.51. The summed E-state index contributed by atoms with van der Waals surface area (Å²) in [5.74, 6) is 0. The third-order valence-corrected chi connectivity index (χ3v) is 5.72. The molecule has 0 atom stereocenters. The molecule has 1 heterocycles. The molecule has 1 aliphatic carbocycles. The standard InChI is InChI=1S/C23H26ClN3.2ClH/c24-18-6-11-21-22(13-15-26-23(21)16-18)27-20-9-7-19(8-10-20)25-14-12-17-4-2-1-3-5-17;;/h1-6,11,13,15-16,19-20,25H,7-10,12,14H2,(H,26,27);2*1H. The molecule has 29 heavy (non-hydrogen) atoms. The van der Waals surface area contributed by atoms with Gasteiger partial charge < -0.3 is 10.6 Å². The molecule has 0 radical (unpaired) electrons. The molecule has 1 aliphatic rings. The molecule has 1 saturated carbocycles. The minimum absolute atomic E-state index is 0. The minimum atomic E-state index is 0. The van der Waals surface area contributed by atoms with Crippen LogP contribution in [0.3, 0.4) is 0 Å². The molecule has 6 heteroatoms. The molecule has 0 aliphatic heterocycles. The first kappa shape index (κ1) is 23.8. The Morgan fingerprint density at radius 2 is 1.62 bits per heavy atom. The van der Waals surface area contributed by atoms with E-state index >= 15 is 0 Å². The third kappa shape index (κ3) is 6.48. The van der Waals surface area contributed by atoms with Crippen molar-refractivity contribution in [2.45, 2.75) is 44.2 Å². The van der Waals surface area contributed by atoms with Crippen LogP contribution in [0.5, 0.6) is 0 Å². The Morgan fingerprint density at radius 1 is 0.897 bits per heavy atom. The minimum Gasteiger partial charge on any atom is -0.382 e. The first-order valence-electron chi connectivity index (χ1n) is 9.86. The van der Waals surface area contributed by atoms with E-state index in [1.54, 1.807) is 0 Å². The summed E-state index contributed by atoms with van der Waals surface area (Å²) >= 11 is 6.09. The highest BCUT2D eigenvalue weighted by Gasteiger charge is 2.21. The van der Waals surface area contributed by atoms with Crippen molar-refractivity contribution in [1.82, 2.24) is 10.3 Å². The number of pyridine rings is 1. The number of fused-ring (bicyclic) bond motifs is 1. The number of benzene rings is 2.